The van der Waals surface area contributed by atoms with Crippen LogP contribution < -0.4 is 0 Å². The van der Waals surface area contributed by atoms with Crippen LogP contribution in [0.25, 0.3) is 0 Å². The molecule has 4 nitrogen and oxygen atoms in total. The second-order valence-corrected chi connectivity index (χ2v) is 5.09. The van der Waals surface area contributed by atoms with E-state index in [1.165, 1.54) is 13.5 Å². The molecule has 0 aromatic heterocycles. The summed E-state index contributed by atoms with van der Waals surface area (Å²) in [6, 6.07) is 0. The minimum Gasteiger partial charge on any atom is -0.481 e. The number of carbonyl (C=O) groups is 1. The van der Waals surface area contributed by atoms with E-state index in [-0.39, 0.29) is 0 Å². The van der Waals surface area contributed by atoms with Crippen LogP contribution >= 0.6 is 0 Å². The van der Waals surface area contributed by atoms with Crippen molar-refractivity contribution < 1.29 is 19.7 Å². The molecule has 0 unspecified atom stereocenters. The summed E-state index contributed by atoms with van der Waals surface area (Å²) in [6.07, 6.45) is 4.53. The molecule has 0 aromatic carbocycles. The van der Waals surface area contributed by atoms with Crippen molar-refractivity contribution in [1.29, 1.82) is 0 Å². The molecule has 104 valence electrons. The molecule has 0 bridgehead atoms. The Hall–Kier alpha value is -0.610. The summed E-state index contributed by atoms with van der Waals surface area (Å²) in [6.45, 7) is 9.12. The van der Waals surface area contributed by atoms with Gasteiger partial charge in [0.2, 0.25) is 0 Å². The summed E-state index contributed by atoms with van der Waals surface area (Å²) in [5, 5.41) is 8.37. The molecule has 0 rings (SSSR count). The Bertz CT molecular complexity index is 171. The zero-order valence-electron chi connectivity index (χ0n) is 11.9. The lowest BCUT2D eigenvalue weighted by atomic mass is 9.89. The zero-order valence-corrected chi connectivity index (χ0v) is 11.9. The SMILES string of the molecule is CC(C)(C)CCCCCC(=O)O.CCOOC. The van der Waals surface area contributed by atoms with Crippen LogP contribution in [0, 0.1) is 5.41 Å². The van der Waals surface area contributed by atoms with E-state index in [1.54, 1.807) is 0 Å². The maximum Gasteiger partial charge on any atom is 0.303 e. The fraction of sp³-hybridized carbons (Fsp3) is 0.923. The molecule has 1 N–H and O–H groups in total. The molecule has 0 aromatic rings. The van der Waals surface area contributed by atoms with E-state index >= 15 is 0 Å². The van der Waals surface area contributed by atoms with Gasteiger partial charge in [-0.05, 0) is 25.2 Å². The average molecular weight is 248 g/mol. The smallest absolute Gasteiger partial charge is 0.303 e. The Balaban J connectivity index is 0. The predicted octanol–water partition coefficient (Wildman–Crippen LogP) is 3.65. The molecule has 0 fully saturated rings. The second-order valence-electron chi connectivity index (χ2n) is 5.09. The number of unbranched alkanes of at least 4 members (excludes halogenated alkanes) is 2. The molecule has 0 saturated carbocycles. The van der Waals surface area contributed by atoms with Crippen molar-refractivity contribution in [2.75, 3.05) is 13.7 Å². The lowest BCUT2D eigenvalue weighted by molar-refractivity contribution is -0.268. The molecule has 17 heavy (non-hydrogen) atoms. The summed E-state index contributed by atoms with van der Waals surface area (Å²) in [7, 11) is 1.49. The largest absolute Gasteiger partial charge is 0.481 e. The first-order valence-corrected chi connectivity index (χ1v) is 6.21. The molecule has 0 radical (unpaired) electrons. The van der Waals surface area contributed by atoms with Crippen molar-refractivity contribution in [3.8, 4) is 0 Å². The van der Waals surface area contributed by atoms with E-state index in [4.69, 9.17) is 5.11 Å². The van der Waals surface area contributed by atoms with Crippen molar-refractivity contribution in [1.82, 2.24) is 0 Å². The Morgan fingerprint density at radius 1 is 1.18 bits per heavy atom. The summed E-state index contributed by atoms with van der Waals surface area (Å²) in [5.74, 6) is -0.675. The number of hydrogen-bond acceptors (Lipinski definition) is 3. The van der Waals surface area contributed by atoms with E-state index in [1.807, 2.05) is 6.92 Å². The monoisotopic (exact) mass is 248 g/mol. The van der Waals surface area contributed by atoms with Gasteiger partial charge in [0.15, 0.2) is 0 Å². The van der Waals surface area contributed by atoms with Gasteiger partial charge >= 0.3 is 5.97 Å². The lowest BCUT2D eigenvalue weighted by Gasteiger charge is -2.17. The first-order valence-electron chi connectivity index (χ1n) is 6.21. The van der Waals surface area contributed by atoms with Crippen molar-refractivity contribution in [3.05, 3.63) is 0 Å². The molecule has 0 spiro atoms. The number of carboxylic acid groups (broad SMARTS) is 1. The van der Waals surface area contributed by atoms with Gasteiger partial charge in [-0.15, -0.1) is 0 Å². The predicted molar refractivity (Wildman–Crippen MR) is 68.8 cm³/mol. The molecule has 0 atom stereocenters. The minimum atomic E-state index is -0.675. The molecule has 4 heteroatoms. The first kappa shape index (κ1) is 18.7. The van der Waals surface area contributed by atoms with Crippen LogP contribution in [0.4, 0.5) is 0 Å². The van der Waals surface area contributed by atoms with Crippen LogP contribution in [0.2, 0.25) is 0 Å². The van der Waals surface area contributed by atoms with Gasteiger partial charge in [0.25, 0.3) is 0 Å². The van der Waals surface area contributed by atoms with Gasteiger partial charge in [-0.2, -0.15) is 0 Å². The topological polar surface area (TPSA) is 55.8 Å². The standard InChI is InChI=1S/C10H20O2.C3H8O2/c1-10(2,3)8-6-4-5-7-9(11)12;1-3-5-4-2/h4-8H2,1-3H3,(H,11,12);3H2,1-2H3. The fourth-order valence-electron chi connectivity index (χ4n) is 1.23. The van der Waals surface area contributed by atoms with E-state index < -0.39 is 5.97 Å². The highest BCUT2D eigenvalue weighted by molar-refractivity contribution is 5.66. The number of hydrogen-bond donors (Lipinski definition) is 1. The third-order valence-corrected chi connectivity index (χ3v) is 2.05. The highest BCUT2D eigenvalue weighted by Crippen LogP contribution is 2.22. The van der Waals surface area contributed by atoms with Crippen LogP contribution in [0.15, 0.2) is 0 Å². The van der Waals surface area contributed by atoms with Crippen molar-refractivity contribution in [2.45, 2.75) is 59.8 Å². The average Bonchev–Trinajstić information content (AvgIpc) is 2.17. The summed E-state index contributed by atoms with van der Waals surface area (Å²) in [5.41, 5.74) is 0.392. The van der Waals surface area contributed by atoms with Gasteiger partial charge in [-0.3, -0.25) is 4.79 Å². The van der Waals surface area contributed by atoms with Crippen LogP contribution in [0.3, 0.4) is 0 Å². The molecular weight excluding hydrogens is 220 g/mol. The van der Waals surface area contributed by atoms with Gasteiger partial charge in [0.1, 0.15) is 0 Å². The molecule has 0 amide bonds. The van der Waals surface area contributed by atoms with Gasteiger partial charge in [-0.1, -0.05) is 33.6 Å². The second kappa shape index (κ2) is 11.9. The number of aliphatic carboxylic acids is 1. The number of carboxylic acids is 1. The van der Waals surface area contributed by atoms with Gasteiger partial charge in [-0.25, -0.2) is 9.78 Å². The molecule has 0 aliphatic carbocycles. The molecule has 0 heterocycles. The van der Waals surface area contributed by atoms with Crippen LogP contribution in [-0.2, 0) is 14.6 Å². The van der Waals surface area contributed by atoms with Gasteiger partial charge in [0.05, 0.1) is 13.7 Å². The zero-order chi connectivity index (χ0) is 13.7. The maximum atomic E-state index is 10.2. The third-order valence-electron chi connectivity index (χ3n) is 2.05. The lowest BCUT2D eigenvalue weighted by Crippen LogP contribution is -2.04. The minimum absolute atomic E-state index is 0.324. The van der Waals surface area contributed by atoms with Crippen molar-refractivity contribution >= 4 is 5.97 Å². The Morgan fingerprint density at radius 2 is 1.76 bits per heavy atom. The molecule has 0 aliphatic heterocycles. The van der Waals surface area contributed by atoms with Crippen LogP contribution in [0.1, 0.15) is 59.8 Å². The number of rotatable bonds is 7. The van der Waals surface area contributed by atoms with Gasteiger partial charge < -0.3 is 5.11 Å². The molecule has 0 aliphatic rings. The quantitative estimate of drug-likeness (QED) is 0.424. The highest BCUT2D eigenvalue weighted by atomic mass is 17.2. The molecular formula is C13H28O4. The van der Waals surface area contributed by atoms with Crippen molar-refractivity contribution in [2.24, 2.45) is 5.41 Å². The first-order chi connectivity index (χ1) is 7.83. The summed E-state index contributed by atoms with van der Waals surface area (Å²) in [4.78, 5) is 18.7. The molecule has 0 saturated heterocycles. The van der Waals surface area contributed by atoms with E-state index in [9.17, 15) is 4.79 Å². The van der Waals surface area contributed by atoms with E-state index in [2.05, 4.69) is 30.5 Å². The summed E-state index contributed by atoms with van der Waals surface area (Å²) >= 11 is 0. The van der Waals surface area contributed by atoms with Crippen LogP contribution in [0.5, 0.6) is 0 Å². The Labute approximate surface area is 105 Å². The van der Waals surface area contributed by atoms with E-state index in [0.29, 0.717) is 18.4 Å². The Kier molecular flexibility index (Phi) is 13.1. The third kappa shape index (κ3) is 25.6. The normalized spacial score (nSPS) is 10.6. The van der Waals surface area contributed by atoms with Gasteiger partial charge in [0, 0.05) is 6.42 Å². The van der Waals surface area contributed by atoms with Crippen molar-refractivity contribution in [3.63, 3.8) is 0 Å². The Morgan fingerprint density at radius 3 is 2.06 bits per heavy atom. The highest BCUT2D eigenvalue weighted by Gasteiger charge is 2.08. The maximum absolute atomic E-state index is 10.2. The summed E-state index contributed by atoms with van der Waals surface area (Å²) < 4.78 is 0. The van der Waals surface area contributed by atoms with E-state index in [0.717, 1.165) is 19.3 Å². The van der Waals surface area contributed by atoms with Crippen LogP contribution in [-0.4, -0.2) is 24.8 Å². The fourth-order valence-corrected chi connectivity index (χ4v) is 1.23.